The Morgan fingerprint density at radius 2 is 1.16 bits per heavy atom. The number of guanidine groups is 3. The fourth-order valence-electron chi connectivity index (χ4n) is 17.4. The van der Waals surface area contributed by atoms with Crippen LogP contribution in [-0.4, -0.2) is 296 Å². The van der Waals surface area contributed by atoms with Gasteiger partial charge in [-0.3, -0.25) is 72.5 Å². The molecule has 3 aromatic rings. The molecule has 10 atom stereocenters. The number of carbonyl (C=O) groups is 13. The molecule has 22 N–H and O–H groups in total. The Hall–Kier alpha value is -11.9. The van der Waals surface area contributed by atoms with Crippen LogP contribution in [0.4, 0.5) is 4.79 Å². The lowest BCUT2D eigenvalue weighted by Crippen LogP contribution is -2.59. The quantitative estimate of drug-likeness (QED) is 0.0109. The maximum atomic E-state index is 14.7. The van der Waals surface area contributed by atoms with E-state index in [0.717, 1.165) is 42.4 Å². The van der Waals surface area contributed by atoms with Gasteiger partial charge in [0.15, 0.2) is 17.9 Å². The van der Waals surface area contributed by atoms with Gasteiger partial charge in [0.2, 0.25) is 64.7 Å². The number of aliphatic imine (C=N–C) groups is 3. The summed E-state index contributed by atoms with van der Waals surface area (Å²) in [5.41, 5.74) is 39.8. The van der Waals surface area contributed by atoms with E-state index in [2.05, 4.69) is 62.4 Å². The van der Waals surface area contributed by atoms with Crippen molar-refractivity contribution in [2.45, 2.75) is 269 Å². The van der Waals surface area contributed by atoms with Crippen molar-refractivity contribution in [3.05, 3.63) is 56.9 Å². The van der Waals surface area contributed by atoms with Gasteiger partial charge in [-0.2, -0.15) is 0 Å². The summed E-state index contributed by atoms with van der Waals surface area (Å²) >= 11 is 0. The summed E-state index contributed by atoms with van der Waals surface area (Å²) in [6.07, 6.45) is 7.22. The number of aromatic nitrogens is 2. The third kappa shape index (κ3) is 30.1. The molecule has 9 rings (SSSR count). The predicted octanol–water partition coefficient (Wildman–Crippen LogP) is -1.03. The van der Waals surface area contributed by atoms with Crippen LogP contribution >= 0.6 is 0 Å². The zero-order valence-corrected chi connectivity index (χ0v) is 78.6. The predicted molar refractivity (Wildman–Crippen MR) is 496 cm³/mol. The van der Waals surface area contributed by atoms with Crippen molar-refractivity contribution in [2.24, 2.45) is 60.5 Å². The second-order valence-corrected chi connectivity index (χ2v) is 36.0. The molecule has 4 fully saturated rings. The summed E-state index contributed by atoms with van der Waals surface area (Å²) in [7, 11) is 0. The number of benzene rings is 1. The number of esters is 2. The Morgan fingerprint density at radius 1 is 0.597 bits per heavy atom. The number of amides is 11. The molecule has 0 saturated carbocycles. The summed E-state index contributed by atoms with van der Waals surface area (Å²) in [4.78, 5) is 220. The van der Waals surface area contributed by atoms with Crippen LogP contribution in [0.3, 0.4) is 0 Å². The van der Waals surface area contributed by atoms with Crippen molar-refractivity contribution < 1.29 is 90.8 Å². The summed E-state index contributed by atoms with van der Waals surface area (Å²) in [5.74, 6) is -8.72. The minimum Gasteiger partial charge on any atom is -0.457 e. The number of fused-ring (bicyclic) bond motifs is 5. The number of ether oxygens (including phenoxy) is 6. The van der Waals surface area contributed by atoms with Crippen LogP contribution in [0, 0.1) is 5.41 Å². The van der Waals surface area contributed by atoms with E-state index in [4.69, 9.17) is 73.5 Å². The Kier molecular flexibility index (Phi) is 40.2. The number of pyridine rings is 2. The van der Waals surface area contributed by atoms with Crippen LogP contribution < -0.4 is 93.0 Å². The van der Waals surface area contributed by atoms with Gasteiger partial charge >= 0.3 is 18.0 Å². The molecular weight excluding hydrogens is 1740 g/mol. The first kappa shape index (κ1) is 106. The van der Waals surface area contributed by atoms with Crippen molar-refractivity contribution in [1.82, 2.24) is 71.7 Å². The van der Waals surface area contributed by atoms with E-state index in [1.807, 2.05) is 27.7 Å². The number of piperidine rings is 2. The van der Waals surface area contributed by atoms with Gasteiger partial charge in [0.05, 0.1) is 54.9 Å². The van der Waals surface area contributed by atoms with E-state index in [-0.39, 0.29) is 177 Å². The van der Waals surface area contributed by atoms with Gasteiger partial charge < -0.3 is 135 Å². The molecule has 11 amide bonds. The highest BCUT2D eigenvalue weighted by molar-refractivity contribution is 5.99. The minimum atomic E-state index is -2.16. The summed E-state index contributed by atoms with van der Waals surface area (Å²) < 4.78 is 36.3. The van der Waals surface area contributed by atoms with Crippen LogP contribution in [0.5, 0.6) is 5.75 Å². The van der Waals surface area contributed by atoms with E-state index in [1.165, 1.54) is 49.8 Å². The average molecular weight is 1880 g/mol. The van der Waals surface area contributed by atoms with Crippen LogP contribution in [0.25, 0.3) is 22.3 Å². The molecule has 0 spiro atoms. The lowest BCUT2D eigenvalue weighted by atomic mass is 9.85. The third-order valence-corrected chi connectivity index (χ3v) is 24.6. The molecule has 6 aliphatic heterocycles. The monoisotopic (exact) mass is 1880 g/mol. The fourth-order valence-corrected chi connectivity index (χ4v) is 17.4. The molecule has 740 valence electrons. The molecule has 2 aromatic heterocycles. The molecule has 134 heavy (non-hydrogen) atoms. The first-order chi connectivity index (χ1) is 63.9. The van der Waals surface area contributed by atoms with E-state index >= 15 is 0 Å². The molecule has 6 aliphatic rings. The van der Waals surface area contributed by atoms with Gasteiger partial charge in [-0.15, -0.1) is 0 Å². The Bertz CT molecular complexity index is 4780. The number of nitrogens with one attached hydrogen (secondary N) is 8. The number of nitrogens with two attached hydrogens (primary N) is 7. The molecule has 8 unspecified atom stereocenters. The molecule has 1 aromatic carbocycles. The highest BCUT2D eigenvalue weighted by Crippen LogP contribution is 2.43. The molecule has 0 bridgehead atoms. The van der Waals surface area contributed by atoms with Gasteiger partial charge in [-0.25, -0.2) is 14.6 Å². The van der Waals surface area contributed by atoms with Crippen molar-refractivity contribution in [1.29, 1.82) is 0 Å². The van der Waals surface area contributed by atoms with Gasteiger partial charge in [0.1, 0.15) is 73.9 Å². The first-order valence-corrected chi connectivity index (χ1v) is 46.9. The van der Waals surface area contributed by atoms with Crippen LogP contribution in [0.1, 0.15) is 206 Å². The normalized spacial score (nSPS) is 18.7. The van der Waals surface area contributed by atoms with Crippen molar-refractivity contribution in [3.8, 4) is 17.1 Å². The van der Waals surface area contributed by atoms with Crippen LogP contribution in [0.2, 0.25) is 0 Å². The number of nitrogens with zero attached hydrogens (tertiary/aromatic N) is 9. The summed E-state index contributed by atoms with van der Waals surface area (Å²) in [5, 5.41) is 22.3. The van der Waals surface area contributed by atoms with Crippen LogP contribution in [-0.2, 0) is 106 Å². The number of likely N-dealkylation sites (tertiary alicyclic amines) is 4. The standard InChI is InChI=1S/C90H140N24O20/c1-9-58-59-46-57(133-88(128)111-41-30-56(31-42-111)110-37-14-11-15-38-110)28-29-64(59)106-73-60(58)49-114-70(73)47-62-61(81(114)124)50-132-84(127)90(62,10-2)134-72(116)48-103-78(121)65(23-12-13-32-98-71(115)51-129-44-45-130-52-89(6,7)8)108-76(119)55(5)131-43-21-36-99-77(120)66(24-17-34-101-86(94)95)107-74(117)53(3)104-80(123)69-27-20-40-113(69)83(126)67(25-18-35-102-87(96)97)109-75(118)54(4)105-79(122)68-26-19-39-112(68)82(125)63(91)22-16-33-100-85(92)93/h28-29,46-47,53-56,63,65-69H,9-27,30-45,48-52,91H2,1-8H3,(H,98,115)(H,99,120)(H,103,121)(H,104,123)(H,105,122)(H,107,117)(H,108,119)(H,109,118)(H4,92,93,100)(H4,94,95,101)(H4,96,97,102)/t53?,54?,55?,63?,65-,66?,67?,68?,69?,90-/m0/s1. The second kappa shape index (κ2) is 51.0. The van der Waals surface area contributed by atoms with Crippen molar-refractivity contribution in [3.63, 3.8) is 0 Å². The first-order valence-electron chi connectivity index (χ1n) is 46.9. The number of hydrogen-bond donors (Lipinski definition) is 15. The van der Waals surface area contributed by atoms with Crippen LogP contribution in [0.15, 0.2) is 44.0 Å². The van der Waals surface area contributed by atoms with Gasteiger partial charge in [0.25, 0.3) is 5.56 Å². The Balaban J connectivity index is 0.789. The van der Waals surface area contributed by atoms with Crippen molar-refractivity contribution >= 4 is 106 Å². The molecule has 0 radical (unpaired) electrons. The molecule has 8 heterocycles. The Morgan fingerprint density at radius 3 is 1.77 bits per heavy atom. The maximum absolute atomic E-state index is 14.7. The number of rotatable bonds is 49. The topological polar surface area (TPSA) is 641 Å². The highest BCUT2D eigenvalue weighted by Gasteiger charge is 2.51. The second-order valence-electron chi connectivity index (χ2n) is 36.0. The van der Waals surface area contributed by atoms with Gasteiger partial charge in [-0.05, 0) is 198 Å². The highest BCUT2D eigenvalue weighted by atomic mass is 16.6. The SMILES string of the molecule is CCc1c2c(nc3ccc(OC(=O)N4CCC(N5CCCCC5)CC4)cc13)-c1cc3c(c(=O)n1C2)COC(=O)[C@@]3(CC)OC(=O)CNC(=O)[C@H](CCCCNC(=O)COCCOCC(C)(C)C)NC(=O)C(C)OCCCNC(=O)C(CCCN=C(N)N)NC(=O)C(C)NC(=O)C1CCCN1C(=O)C(CCCN=C(N)N)NC(=O)C(C)NC(=O)C1CCCN1C(=O)C(N)CCCN=C(N)N. The van der Waals surface area contributed by atoms with Crippen molar-refractivity contribution in [2.75, 3.05) is 112 Å². The van der Waals surface area contributed by atoms with Gasteiger partial charge in [0, 0.05) is 88.1 Å². The lowest BCUT2D eigenvalue weighted by Gasteiger charge is -2.39. The van der Waals surface area contributed by atoms with Gasteiger partial charge in [-0.1, -0.05) is 41.0 Å². The molecule has 0 aliphatic carbocycles. The molecular formula is C90H140N24O20. The third-order valence-electron chi connectivity index (χ3n) is 24.6. The number of aryl methyl sites for hydroxylation is 1. The number of unbranched alkanes of at least 4 members (excludes halogenated alkanes) is 1. The number of carbonyl (C=O) groups excluding carboxylic acids is 13. The van der Waals surface area contributed by atoms with E-state index in [0.29, 0.717) is 93.5 Å². The van der Waals surface area contributed by atoms with E-state index < -0.39 is 150 Å². The number of cyclic esters (lactones) is 1. The lowest BCUT2D eigenvalue weighted by molar-refractivity contribution is -0.189. The fraction of sp³-hybridized carbons (Fsp3) is 0.667. The number of hydrogen-bond acceptors (Lipinski definition) is 26. The summed E-state index contributed by atoms with van der Waals surface area (Å²) in [6, 6.07) is -1.92. The smallest absolute Gasteiger partial charge is 0.415 e. The Labute approximate surface area is 780 Å². The zero-order valence-electron chi connectivity index (χ0n) is 78.6. The minimum absolute atomic E-state index is 0.00133. The van der Waals surface area contributed by atoms with E-state index in [1.54, 1.807) is 40.7 Å². The molecule has 44 nitrogen and oxygen atoms in total. The molecule has 44 heteroatoms. The average Bonchev–Trinajstić information content (AvgIpc) is 1.53. The molecule has 4 saturated heterocycles. The summed E-state index contributed by atoms with van der Waals surface area (Å²) in [6.45, 7) is 17.7. The largest absolute Gasteiger partial charge is 0.457 e. The maximum Gasteiger partial charge on any atom is 0.415 e. The zero-order chi connectivity index (χ0) is 97.5. The van der Waals surface area contributed by atoms with E-state index in [9.17, 15) is 67.1 Å².